The molecule has 114 valence electrons. The summed E-state index contributed by atoms with van der Waals surface area (Å²) in [5, 5.41) is 0. The second kappa shape index (κ2) is 9.85. The Kier molecular flexibility index (Phi) is 8.41. The highest BCUT2D eigenvalue weighted by Crippen LogP contribution is 2.21. The van der Waals surface area contributed by atoms with Crippen molar-refractivity contribution in [2.24, 2.45) is 11.8 Å². The van der Waals surface area contributed by atoms with Gasteiger partial charge in [0.2, 0.25) is 0 Å². The van der Waals surface area contributed by atoms with Crippen molar-refractivity contribution in [1.29, 1.82) is 0 Å². The molecule has 1 heteroatoms. The van der Waals surface area contributed by atoms with Crippen LogP contribution in [0.15, 0.2) is 24.3 Å². The van der Waals surface area contributed by atoms with Gasteiger partial charge >= 0.3 is 0 Å². The zero-order valence-corrected chi connectivity index (χ0v) is 13.7. The van der Waals surface area contributed by atoms with E-state index in [-0.39, 0.29) is 0 Å². The molecule has 1 nitrogen and oxygen atoms in total. The van der Waals surface area contributed by atoms with Crippen molar-refractivity contribution in [3.8, 4) is 0 Å². The van der Waals surface area contributed by atoms with Gasteiger partial charge in [0.25, 0.3) is 0 Å². The van der Waals surface area contributed by atoms with E-state index in [2.05, 4.69) is 32.9 Å². The molecule has 1 aromatic carbocycles. The van der Waals surface area contributed by atoms with Crippen LogP contribution in [0.25, 0.3) is 0 Å². The van der Waals surface area contributed by atoms with E-state index in [1.54, 1.807) is 0 Å². The van der Waals surface area contributed by atoms with Crippen molar-refractivity contribution in [2.75, 3.05) is 5.73 Å². The standard InChI is InChI=1S/C19H33N/c1-4-8-16(2)15-17(3)9-6-5-7-10-18-11-13-19(20)14-12-18/h11-14,16-17H,4-10,15,20H2,1-3H3. The second-order valence-electron chi connectivity index (χ2n) is 6.58. The Labute approximate surface area is 126 Å². The van der Waals surface area contributed by atoms with Gasteiger partial charge in [-0.05, 0) is 48.8 Å². The van der Waals surface area contributed by atoms with E-state index >= 15 is 0 Å². The van der Waals surface area contributed by atoms with E-state index in [0.717, 1.165) is 17.5 Å². The Hall–Kier alpha value is -0.980. The maximum Gasteiger partial charge on any atom is 0.0314 e. The molecule has 0 radical (unpaired) electrons. The number of nitrogens with two attached hydrogens (primary N) is 1. The van der Waals surface area contributed by atoms with Crippen molar-refractivity contribution in [1.82, 2.24) is 0 Å². The molecular formula is C19H33N. The Morgan fingerprint density at radius 3 is 2.20 bits per heavy atom. The molecule has 20 heavy (non-hydrogen) atoms. The average molecular weight is 275 g/mol. The van der Waals surface area contributed by atoms with Gasteiger partial charge in [-0.2, -0.15) is 0 Å². The minimum Gasteiger partial charge on any atom is -0.399 e. The third-order valence-corrected chi connectivity index (χ3v) is 4.23. The molecule has 2 atom stereocenters. The zero-order valence-electron chi connectivity index (χ0n) is 13.7. The Morgan fingerprint density at radius 2 is 1.55 bits per heavy atom. The Bertz CT molecular complexity index is 341. The topological polar surface area (TPSA) is 26.0 Å². The van der Waals surface area contributed by atoms with Crippen molar-refractivity contribution in [2.45, 2.75) is 72.1 Å². The fraction of sp³-hybridized carbons (Fsp3) is 0.684. The van der Waals surface area contributed by atoms with Crippen LogP contribution in [0.2, 0.25) is 0 Å². The van der Waals surface area contributed by atoms with Crippen molar-refractivity contribution in [3.63, 3.8) is 0 Å². The number of hydrogen-bond donors (Lipinski definition) is 1. The van der Waals surface area contributed by atoms with Gasteiger partial charge in [0.1, 0.15) is 0 Å². The Balaban J connectivity index is 2.05. The summed E-state index contributed by atoms with van der Waals surface area (Å²) in [7, 11) is 0. The van der Waals surface area contributed by atoms with Gasteiger partial charge in [0.05, 0.1) is 0 Å². The number of rotatable bonds is 10. The van der Waals surface area contributed by atoms with Gasteiger partial charge < -0.3 is 5.73 Å². The molecule has 0 saturated carbocycles. The predicted octanol–water partition coefficient (Wildman–Crippen LogP) is 5.83. The predicted molar refractivity (Wildman–Crippen MR) is 90.9 cm³/mol. The van der Waals surface area contributed by atoms with Crippen molar-refractivity contribution in [3.05, 3.63) is 29.8 Å². The quantitative estimate of drug-likeness (QED) is 0.421. The van der Waals surface area contributed by atoms with Crippen LogP contribution >= 0.6 is 0 Å². The molecule has 0 aromatic heterocycles. The zero-order chi connectivity index (χ0) is 14.8. The van der Waals surface area contributed by atoms with Gasteiger partial charge in [-0.1, -0.05) is 65.0 Å². The summed E-state index contributed by atoms with van der Waals surface area (Å²) in [4.78, 5) is 0. The number of benzene rings is 1. The van der Waals surface area contributed by atoms with Crippen LogP contribution < -0.4 is 5.73 Å². The van der Waals surface area contributed by atoms with Crippen LogP contribution in [0.4, 0.5) is 5.69 Å². The molecule has 2 unspecified atom stereocenters. The van der Waals surface area contributed by atoms with Crippen LogP contribution in [-0.2, 0) is 6.42 Å². The lowest BCUT2D eigenvalue weighted by Crippen LogP contribution is -2.03. The maximum atomic E-state index is 5.70. The number of hydrogen-bond acceptors (Lipinski definition) is 1. The first-order valence-corrected chi connectivity index (χ1v) is 8.46. The molecular weight excluding hydrogens is 242 g/mol. The third kappa shape index (κ3) is 7.57. The summed E-state index contributed by atoms with van der Waals surface area (Å²) in [6, 6.07) is 8.33. The molecule has 0 bridgehead atoms. The van der Waals surface area contributed by atoms with Crippen LogP contribution in [0.1, 0.15) is 71.3 Å². The van der Waals surface area contributed by atoms with Crippen LogP contribution in [-0.4, -0.2) is 0 Å². The van der Waals surface area contributed by atoms with E-state index in [9.17, 15) is 0 Å². The molecule has 2 N–H and O–H groups in total. The van der Waals surface area contributed by atoms with Crippen molar-refractivity contribution < 1.29 is 0 Å². The molecule has 1 aromatic rings. The largest absolute Gasteiger partial charge is 0.399 e. The summed E-state index contributed by atoms with van der Waals surface area (Å²) in [5.41, 5.74) is 7.98. The molecule has 0 fully saturated rings. The fourth-order valence-electron chi connectivity index (χ4n) is 3.10. The van der Waals surface area contributed by atoms with Crippen molar-refractivity contribution >= 4 is 5.69 Å². The lowest BCUT2D eigenvalue weighted by Gasteiger charge is -2.16. The average Bonchev–Trinajstić information content (AvgIpc) is 2.40. The monoisotopic (exact) mass is 275 g/mol. The number of aryl methyl sites for hydroxylation is 1. The van der Waals surface area contributed by atoms with Gasteiger partial charge in [0.15, 0.2) is 0 Å². The smallest absolute Gasteiger partial charge is 0.0314 e. The maximum absolute atomic E-state index is 5.70. The highest BCUT2D eigenvalue weighted by Gasteiger charge is 2.07. The molecule has 0 aliphatic heterocycles. The van der Waals surface area contributed by atoms with Crippen LogP contribution in [0, 0.1) is 11.8 Å². The van der Waals surface area contributed by atoms with E-state index in [4.69, 9.17) is 5.73 Å². The van der Waals surface area contributed by atoms with Gasteiger partial charge in [-0.15, -0.1) is 0 Å². The summed E-state index contributed by atoms with van der Waals surface area (Å²) in [5.74, 6) is 1.80. The van der Waals surface area contributed by atoms with E-state index in [1.807, 2.05) is 12.1 Å². The van der Waals surface area contributed by atoms with Gasteiger partial charge in [-0.25, -0.2) is 0 Å². The lowest BCUT2D eigenvalue weighted by atomic mass is 9.90. The SMILES string of the molecule is CCCC(C)CC(C)CCCCCc1ccc(N)cc1. The minimum absolute atomic E-state index is 0.865. The molecule has 0 amide bonds. The third-order valence-electron chi connectivity index (χ3n) is 4.23. The number of unbranched alkanes of at least 4 members (excludes halogenated alkanes) is 2. The van der Waals surface area contributed by atoms with Crippen LogP contribution in [0.5, 0.6) is 0 Å². The fourth-order valence-corrected chi connectivity index (χ4v) is 3.10. The molecule has 0 spiro atoms. The Morgan fingerprint density at radius 1 is 0.900 bits per heavy atom. The van der Waals surface area contributed by atoms with Gasteiger partial charge in [-0.3, -0.25) is 0 Å². The van der Waals surface area contributed by atoms with E-state index in [1.165, 1.54) is 56.9 Å². The first-order valence-electron chi connectivity index (χ1n) is 8.46. The summed E-state index contributed by atoms with van der Waals surface area (Å²) >= 11 is 0. The first kappa shape index (κ1) is 17.1. The molecule has 0 saturated heterocycles. The molecule has 1 rings (SSSR count). The molecule has 0 heterocycles. The normalized spacial score (nSPS) is 14.2. The highest BCUT2D eigenvalue weighted by atomic mass is 14.5. The van der Waals surface area contributed by atoms with E-state index in [0.29, 0.717) is 0 Å². The minimum atomic E-state index is 0.865. The molecule has 0 aliphatic rings. The van der Waals surface area contributed by atoms with Crippen LogP contribution in [0.3, 0.4) is 0 Å². The first-order chi connectivity index (χ1) is 9.61. The molecule has 0 aliphatic carbocycles. The summed E-state index contributed by atoms with van der Waals surface area (Å²) < 4.78 is 0. The second-order valence-corrected chi connectivity index (χ2v) is 6.58. The van der Waals surface area contributed by atoms with Gasteiger partial charge in [0, 0.05) is 5.69 Å². The number of anilines is 1. The number of nitrogen functional groups attached to an aromatic ring is 1. The highest BCUT2D eigenvalue weighted by molar-refractivity contribution is 5.39. The van der Waals surface area contributed by atoms with E-state index < -0.39 is 0 Å². The summed E-state index contributed by atoms with van der Waals surface area (Å²) in [6.07, 6.45) is 10.8. The lowest BCUT2D eigenvalue weighted by molar-refractivity contribution is 0.365. The summed E-state index contributed by atoms with van der Waals surface area (Å²) in [6.45, 7) is 7.12.